The van der Waals surface area contributed by atoms with Gasteiger partial charge in [0, 0.05) is 6.04 Å². The molecule has 1 aliphatic rings. The molecule has 1 aliphatic heterocycles. The highest BCUT2D eigenvalue weighted by molar-refractivity contribution is 9.10. The van der Waals surface area contributed by atoms with Crippen molar-refractivity contribution in [3.63, 3.8) is 0 Å². The molecule has 2 rings (SSSR count). The van der Waals surface area contributed by atoms with E-state index < -0.39 is 9.84 Å². The van der Waals surface area contributed by atoms with Crippen molar-refractivity contribution in [3.05, 3.63) is 28.2 Å². The highest BCUT2D eigenvalue weighted by atomic mass is 79.9. The van der Waals surface area contributed by atoms with Crippen molar-refractivity contribution >= 4 is 25.8 Å². The van der Waals surface area contributed by atoms with E-state index >= 15 is 0 Å². The van der Waals surface area contributed by atoms with E-state index in [1.807, 2.05) is 32.0 Å². The van der Waals surface area contributed by atoms with Crippen molar-refractivity contribution in [2.75, 3.05) is 24.7 Å². The number of ether oxygens (including phenoxy) is 1. The van der Waals surface area contributed by atoms with Crippen LogP contribution in [0.2, 0.25) is 0 Å². The summed E-state index contributed by atoms with van der Waals surface area (Å²) < 4.78 is 29.9. The monoisotopic (exact) mass is 375 g/mol. The third-order valence-electron chi connectivity index (χ3n) is 3.78. The molecule has 1 aromatic rings. The van der Waals surface area contributed by atoms with Gasteiger partial charge in [-0.15, -0.1) is 0 Å². The molecule has 118 valence electrons. The predicted octanol–water partition coefficient (Wildman–Crippen LogP) is 2.93. The van der Waals surface area contributed by atoms with Gasteiger partial charge in [0.15, 0.2) is 9.84 Å². The first-order chi connectivity index (χ1) is 9.96. The maximum absolute atomic E-state index is 11.7. The molecule has 0 bridgehead atoms. The van der Waals surface area contributed by atoms with E-state index in [1.54, 1.807) is 0 Å². The Morgan fingerprint density at radius 3 is 2.71 bits per heavy atom. The van der Waals surface area contributed by atoms with Gasteiger partial charge < -0.3 is 10.1 Å². The second-order valence-electron chi connectivity index (χ2n) is 5.32. The normalized spacial score (nSPS) is 22.1. The average molecular weight is 376 g/mol. The second kappa shape index (κ2) is 7.11. The Morgan fingerprint density at radius 1 is 1.43 bits per heavy atom. The fourth-order valence-electron chi connectivity index (χ4n) is 2.85. The number of rotatable bonds is 6. The molecule has 1 aromatic carbocycles. The molecule has 21 heavy (non-hydrogen) atoms. The smallest absolute Gasteiger partial charge is 0.150 e. The number of benzene rings is 1. The summed E-state index contributed by atoms with van der Waals surface area (Å²) in [5.74, 6) is 1.53. The number of hydrogen-bond donors (Lipinski definition) is 1. The van der Waals surface area contributed by atoms with Crippen LogP contribution < -0.4 is 10.1 Å². The van der Waals surface area contributed by atoms with Crippen LogP contribution in [0.3, 0.4) is 0 Å². The summed E-state index contributed by atoms with van der Waals surface area (Å²) >= 11 is 3.53. The highest BCUT2D eigenvalue weighted by Crippen LogP contribution is 2.35. The molecule has 0 aromatic heterocycles. The van der Waals surface area contributed by atoms with Crippen LogP contribution in [-0.2, 0) is 9.84 Å². The van der Waals surface area contributed by atoms with Crippen molar-refractivity contribution in [1.29, 1.82) is 0 Å². The van der Waals surface area contributed by atoms with Crippen molar-refractivity contribution in [3.8, 4) is 5.75 Å². The largest absolute Gasteiger partial charge is 0.493 e. The van der Waals surface area contributed by atoms with Crippen LogP contribution in [0.1, 0.15) is 31.9 Å². The summed E-state index contributed by atoms with van der Waals surface area (Å²) in [6, 6.07) is 6.06. The van der Waals surface area contributed by atoms with E-state index in [9.17, 15) is 8.42 Å². The zero-order valence-corrected chi connectivity index (χ0v) is 14.8. The van der Waals surface area contributed by atoms with E-state index in [2.05, 4.69) is 21.2 Å². The molecule has 0 radical (unpaired) electrons. The maximum atomic E-state index is 11.7. The molecule has 2 unspecified atom stereocenters. The number of sulfone groups is 1. The van der Waals surface area contributed by atoms with Crippen LogP contribution >= 0.6 is 15.9 Å². The fraction of sp³-hybridized carbons (Fsp3) is 0.600. The van der Waals surface area contributed by atoms with Crippen molar-refractivity contribution in [2.45, 2.75) is 26.3 Å². The molecule has 4 nitrogen and oxygen atoms in total. The van der Waals surface area contributed by atoms with Crippen molar-refractivity contribution in [2.24, 2.45) is 5.92 Å². The first-order valence-corrected chi connectivity index (χ1v) is 9.94. The Balaban J connectivity index is 2.24. The van der Waals surface area contributed by atoms with Crippen LogP contribution in [-0.4, -0.2) is 33.1 Å². The minimum absolute atomic E-state index is 0.0688. The number of hydrogen-bond acceptors (Lipinski definition) is 4. The molecule has 2 atom stereocenters. The summed E-state index contributed by atoms with van der Waals surface area (Å²) in [5.41, 5.74) is 1.11. The number of nitrogens with one attached hydrogen (secondary N) is 1. The Morgan fingerprint density at radius 2 is 2.19 bits per heavy atom. The molecule has 0 spiro atoms. The fourth-order valence-corrected chi connectivity index (χ4v) is 5.20. The Labute approximate surface area is 135 Å². The van der Waals surface area contributed by atoms with Crippen LogP contribution in [0.25, 0.3) is 0 Å². The Kier molecular flexibility index (Phi) is 5.68. The quantitative estimate of drug-likeness (QED) is 0.830. The van der Waals surface area contributed by atoms with E-state index in [0.29, 0.717) is 12.4 Å². The molecule has 1 N–H and O–H groups in total. The second-order valence-corrected chi connectivity index (χ2v) is 8.40. The molecule has 1 saturated heterocycles. The molecular formula is C15H22BrNO3S. The number of halogens is 1. The topological polar surface area (TPSA) is 55.4 Å². The zero-order chi connectivity index (χ0) is 15.5. The van der Waals surface area contributed by atoms with Gasteiger partial charge in [-0.2, -0.15) is 0 Å². The van der Waals surface area contributed by atoms with Gasteiger partial charge in [-0.05, 0) is 59.4 Å². The van der Waals surface area contributed by atoms with Gasteiger partial charge in [-0.25, -0.2) is 8.42 Å². The van der Waals surface area contributed by atoms with Gasteiger partial charge in [-0.1, -0.05) is 13.0 Å². The van der Waals surface area contributed by atoms with Gasteiger partial charge in [0.05, 0.1) is 22.6 Å². The van der Waals surface area contributed by atoms with Gasteiger partial charge in [0.25, 0.3) is 0 Å². The molecule has 0 saturated carbocycles. The first kappa shape index (κ1) is 16.8. The lowest BCUT2D eigenvalue weighted by Gasteiger charge is -2.24. The minimum atomic E-state index is -2.87. The van der Waals surface area contributed by atoms with E-state index in [-0.39, 0.29) is 17.7 Å². The lowest BCUT2D eigenvalue weighted by molar-refractivity contribution is 0.337. The average Bonchev–Trinajstić information content (AvgIpc) is 2.79. The SMILES string of the molecule is CCNC(c1ccc(OCC)c(Br)c1)C1CCS(=O)(=O)C1. The van der Waals surface area contributed by atoms with Gasteiger partial charge in [0.1, 0.15) is 5.75 Å². The van der Waals surface area contributed by atoms with E-state index in [0.717, 1.165) is 28.8 Å². The maximum Gasteiger partial charge on any atom is 0.150 e. The predicted molar refractivity (Wildman–Crippen MR) is 88.5 cm³/mol. The highest BCUT2D eigenvalue weighted by Gasteiger charge is 2.34. The summed E-state index contributed by atoms with van der Waals surface area (Å²) in [6.07, 6.45) is 0.727. The van der Waals surface area contributed by atoms with Gasteiger partial charge in [-0.3, -0.25) is 0 Å². The first-order valence-electron chi connectivity index (χ1n) is 7.33. The summed E-state index contributed by atoms with van der Waals surface area (Å²) in [7, 11) is -2.87. The summed E-state index contributed by atoms with van der Waals surface area (Å²) in [6.45, 7) is 5.42. The van der Waals surface area contributed by atoms with Crippen LogP contribution in [0.5, 0.6) is 5.75 Å². The van der Waals surface area contributed by atoms with Crippen molar-refractivity contribution < 1.29 is 13.2 Å². The zero-order valence-electron chi connectivity index (χ0n) is 12.4. The molecule has 1 heterocycles. The van der Waals surface area contributed by atoms with Gasteiger partial charge >= 0.3 is 0 Å². The molecule has 1 fully saturated rings. The Hall–Kier alpha value is -0.590. The lowest BCUT2D eigenvalue weighted by Crippen LogP contribution is -2.29. The molecule has 6 heteroatoms. The standard InChI is InChI=1S/C15H22BrNO3S/c1-3-17-15(12-7-8-21(18,19)10-12)11-5-6-14(20-4-2)13(16)9-11/h5-6,9,12,15,17H,3-4,7-8,10H2,1-2H3. The van der Waals surface area contributed by atoms with Crippen LogP contribution in [0.4, 0.5) is 0 Å². The molecular weight excluding hydrogens is 354 g/mol. The van der Waals surface area contributed by atoms with Crippen molar-refractivity contribution in [1.82, 2.24) is 5.32 Å². The minimum Gasteiger partial charge on any atom is -0.493 e. The van der Waals surface area contributed by atoms with E-state index in [1.165, 1.54) is 0 Å². The molecule has 0 aliphatic carbocycles. The third kappa shape index (κ3) is 4.20. The lowest BCUT2D eigenvalue weighted by atomic mass is 9.92. The third-order valence-corrected chi connectivity index (χ3v) is 6.19. The summed E-state index contributed by atoms with van der Waals surface area (Å²) in [4.78, 5) is 0. The van der Waals surface area contributed by atoms with Gasteiger partial charge in [0.2, 0.25) is 0 Å². The summed E-state index contributed by atoms with van der Waals surface area (Å²) in [5, 5.41) is 3.43. The molecule has 0 amide bonds. The van der Waals surface area contributed by atoms with Crippen LogP contribution in [0.15, 0.2) is 22.7 Å². The van der Waals surface area contributed by atoms with E-state index in [4.69, 9.17) is 4.74 Å². The van der Waals surface area contributed by atoms with Crippen LogP contribution in [0, 0.1) is 5.92 Å². The Bertz CT molecular complexity index is 589.